The van der Waals surface area contributed by atoms with Gasteiger partial charge in [-0.05, 0) is 62.0 Å². The van der Waals surface area contributed by atoms with Gasteiger partial charge in [-0.1, -0.05) is 12.5 Å². The second-order valence-electron chi connectivity index (χ2n) is 9.18. The molecule has 9 heteroatoms. The van der Waals surface area contributed by atoms with Gasteiger partial charge in [0.2, 0.25) is 5.91 Å². The Morgan fingerprint density at radius 1 is 1.22 bits per heavy atom. The number of anilines is 1. The van der Waals surface area contributed by atoms with E-state index < -0.39 is 18.1 Å². The molecule has 2 fully saturated rings. The Kier molecular flexibility index (Phi) is 7.12. The predicted octanol–water partition coefficient (Wildman–Crippen LogP) is 2.20. The van der Waals surface area contributed by atoms with Gasteiger partial charge in [0.15, 0.2) is 0 Å². The number of hydrogen-bond donors (Lipinski definition) is 3. The number of carbonyl (C=O) groups excluding carboxylic acids is 2. The summed E-state index contributed by atoms with van der Waals surface area (Å²) in [7, 11) is 0. The van der Waals surface area contributed by atoms with Gasteiger partial charge in [-0.15, -0.1) is 0 Å². The lowest BCUT2D eigenvalue weighted by Crippen LogP contribution is -2.53. The lowest BCUT2D eigenvalue weighted by molar-refractivity contribution is -0.145. The number of nitrogens with one attached hydrogen (secondary N) is 2. The second-order valence-corrected chi connectivity index (χ2v) is 9.18. The largest absolute Gasteiger partial charge is 0.480 e. The third-order valence-corrected chi connectivity index (χ3v) is 6.71. The van der Waals surface area contributed by atoms with Crippen LogP contribution in [-0.2, 0) is 27.2 Å². The zero-order valence-corrected chi connectivity index (χ0v) is 18.3. The highest BCUT2D eigenvalue weighted by molar-refractivity contribution is 5.87. The molecular formula is C23H32N4O5. The average Bonchev–Trinajstić information content (AvgIpc) is 2.70. The summed E-state index contributed by atoms with van der Waals surface area (Å²) in [4.78, 5) is 42.2. The minimum absolute atomic E-state index is 0.260. The van der Waals surface area contributed by atoms with Crippen LogP contribution >= 0.6 is 0 Å². The summed E-state index contributed by atoms with van der Waals surface area (Å²) in [6, 6.07) is 2.96. The van der Waals surface area contributed by atoms with Gasteiger partial charge in [0.25, 0.3) is 0 Å². The molecule has 174 valence electrons. The molecule has 4 rings (SSSR count). The van der Waals surface area contributed by atoms with Crippen LogP contribution in [0.2, 0.25) is 0 Å². The molecule has 1 saturated carbocycles. The normalized spacial score (nSPS) is 19.1. The molecule has 9 nitrogen and oxygen atoms in total. The summed E-state index contributed by atoms with van der Waals surface area (Å²) in [6.07, 6.45) is 6.16. The first-order valence-corrected chi connectivity index (χ1v) is 11.6. The van der Waals surface area contributed by atoms with Crippen molar-refractivity contribution in [1.29, 1.82) is 0 Å². The van der Waals surface area contributed by atoms with Crippen LogP contribution in [0.5, 0.6) is 0 Å². The van der Waals surface area contributed by atoms with Crippen LogP contribution in [0.25, 0.3) is 0 Å². The van der Waals surface area contributed by atoms with Crippen molar-refractivity contribution in [3.63, 3.8) is 0 Å². The van der Waals surface area contributed by atoms with Crippen LogP contribution in [0, 0.1) is 11.8 Å². The second kappa shape index (κ2) is 10.2. The molecule has 3 aliphatic rings. The molecule has 0 bridgehead atoms. The first-order chi connectivity index (χ1) is 15.5. The number of amides is 2. The van der Waals surface area contributed by atoms with Crippen molar-refractivity contribution in [2.24, 2.45) is 11.8 Å². The van der Waals surface area contributed by atoms with E-state index in [2.05, 4.69) is 22.8 Å². The predicted molar refractivity (Wildman–Crippen MR) is 117 cm³/mol. The number of likely N-dealkylation sites (tertiary alicyclic amines) is 1. The number of aryl methyl sites for hydroxylation is 2. The fourth-order valence-electron chi connectivity index (χ4n) is 4.36. The number of alkyl carbamates (subject to hydrolysis) is 1. The van der Waals surface area contributed by atoms with E-state index in [1.54, 1.807) is 4.90 Å². The number of pyridine rings is 1. The fraction of sp³-hybridized carbons (Fsp3) is 0.652. The zero-order valence-electron chi connectivity index (χ0n) is 18.3. The fourth-order valence-corrected chi connectivity index (χ4v) is 4.36. The van der Waals surface area contributed by atoms with Gasteiger partial charge < -0.3 is 25.4 Å². The average molecular weight is 445 g/mol. The maximum Gasteiger partial charge on any atom is 0.407 e. The van der Waals surface area contributed by atoms with E-state index in [-0.39, 0.29) is 12.3 Å². The Labute approximate surface area is 187 Å². The number of carbonyl (C=O) groups is 3. The number of nitrogens with zero attached hydrogens (tertiary/aromatic N) is 2. The van der Waals surface area contributed by atoms with Crippen molar-refractivity contribution in [2.45, 2.75) is 57.4 Å². The van der Waals surface area contributed by atoms with E-state index in [1.807, 2.05) is 0 Å². The van der Waals surface area contributed by atoms with Gasteiger partial charge in [0.05, 0.1) is 13.0 Å². The molecule has 0 aromatic carbocycles. The van der Waals surface area contributed by atoms with Crippen LogP contribution in [0.3, 0.4) is 0 Å². The van der Waals surface area contributed by atoms with E-state index >= 15 is 0 Å². The Balaban J connectivity index is 1.16. The number of fused-ring (bicyclic) bond motifs is 1. The van der Waals surface area contributed by atoms with Crippen LogP contribution in [0.15, 0.2) is 12.1 Å². The SMILES string of the molecule is O=C(NC(CC(=O)N1CC(CCc2ccc3c(n2)NCCC3)C1)C(=O)O)OCC1CCC1. The van der Waals surface area contributed by atoms with E-state index in [4.69, 9.17) is 9.72 Å². The van der Waals surface area contributed by atoms with Crippen LogP contribution in [0.1, 0.15) is 49.8 Å². The van der Waals surface area contributed by atoms with Crippen LogP contribution in [-0.4, -0.2) is 65.2 Å². The van der Waals surface area contributed by atoms with Gasteiger partial charge in [-0.2, -0.15) is 0 Å². The summed E-state index contributed by atoms with van der Waals surface area (Å²) in [5.74, 6) is 0.259. The molecule has 2 amide bonds. The highest BCUT2D eigenvalue weighted by Gasteiger charge is 2.33. The summed E-state index contributed by atoms with van der Waals surface area (Å²) >= 11 is 0. The molecule has 0 spiro atoms. The van der Waals surface area contributed by atoms with E-state index in [0.29, 0.717) is 31.5 Å². The number of rotatable bonds is 9. The van der Waals surface area contributed by atoms with Gasteiger partial charge in [0, 0.05) is 25.3 Å². The minimum atomic E-state index is -1.28. The Morgan fingerprint density at radius 3 is 2.75 bits per heavy atom. The summed E-state index contributed by atoms with van der Waals surface area (Å²) < 4.78 is 5.09. The number of carboxylic acid groups (broad SMARTS) is 1. The first-order valence-electron chi connectivity index (χ1n) is 11.6. The van der Waals surface area contributed by atoms with Crippen molar-refractivity contribution in [3.8, 4) is 0 Å². The third kappa shape index (κ3) is 5.69. The summed E-state index contributed by atoms with van der Waals surface area (Å²) in [5.41, 5.74) is 2.33. The van der Waals surface area contributed by atoms with Crippen LogP contribution in [0.4, 0.5) is 10.6 Å². The molecule has 2 aliphatic heterocycles. The van der Waals surface area contributed by atoms with E-state index in [9.17, 15) is 19.5 Å². The quantitative estimate of drug-likeness (QED) is 0.534. The highest BCUT2D eigenvalue weighted by atomic mass is 16.5. The number of ether oxygens (including phenoxy) is 1. The number of aromatic nitrogens is 1. The maximum atomic E-state index is 12.5. The molecule has 1 aliphatic carbocycles. The molecule has 1 aromatic heterocycles. The lowest BCUT2D eigenvalue weighted by atomic mass is 9.86. The van der Waals surface area contributed by atoms with Crippen molar-refractivity contribution < 1.29 is 24.2 Å². The zero-order chi connectivity index (χ0) is 22.5. The van der Waals surface area contributed by atoms with Crippen molar-refractivity contribution in [3.05, 3.63) is 23.4 Å². The van der Waals surface area contributed by atoms with Gasteiger partial charge in [-0.25, -0.2) is 14.6 Å². The number of carboxylic acids is 1. The molecule has 0 radical (unpaired) electrons. The first kappa shape index (κ1) is 22.4. The Bertz CT molecular complexity index is 851. The number of hydrogen-bond acceptors (Lipinski definition) is 6. The monoisotopic (exact) mass is 444 g/mol. The molecule has 3 heterocycles. The molecule has 1 unspecified atom stereocenters. The van der Waals surface area contributed by atoms with Crippen molar-refractivity contribution >= 4 is 23.8 Å². The number of aliphatic carboxylic acids is 1. The standard InChI is InChI=1S/C23H32N4O5/c28-20(11-19(22(29)30)26-23(31)32-14-15-3-1-4-15)27-12-16(13-27)6-8-18-9-7-17-5-2-10-24-21(17)25-18/h7,9,15-16,19H,1-6,8,10-14H2,(H,24,25)(H,26,31)(H,29,30). The van der Waals surface area contributed by atoms with Crippen molar-refractivity contribution in [2.75, 3.05) is 31.6 Å². The summed E-state index contributed by atoms with van der Waals surface area (Å²) in [6.45, 7) is 2.49. The minimum Gasteiger partial charge on any atom is -0.480 e. The topological polar surface area (TPSA) is 121 Å². The molecule has 32 heavy (non-hydrogen) atoms. The molecule has 1 atom stereocenters. The van der Waals surface area contributed by atoms with Crippen LogP contribution < -0.4 is 10.6 Å². The Morgan fingerprint density at radius 2 is 2.03 bits per heavy atom. The van der Waals surface area contributed by atoms with Gasteiger partial charge >= 0.3 is 12.1 Å². The van der Waals surface area contributed by atoms with E-state index in [1.165, 1.54) is 5.56 Å². The third-order valence-electron chi connectivity index (χ3n) is 6.71. The highest BCUT2D eigenvalue weighted by Crippen LogP contribution is 2.26. The Hall–Kier alpha value is -2.84. The summed E-state index contributed by atoms with van der Waals surface area (Å²) in [5, 5.41) is 15.0. The van der Waals surface area contributed by atoms with Crippen molar-refractivity contribution in [1.82, 2.24) is 15.2 Å². The molecular weight excluding hydrogens is 412 g/mol. The molecule has 1 saturated heterocycles. The maximum absolute atomic E-state index is 12.5. The molecule has 3 N–H and O–H groups in total. The van der Waals surface area contributed by atoms with Gasteiger partial charge in [0.1, 0.15) is 11.9 Å². The van der Waals surface area contributed by atoms with Gasteiger partial charge in [-0.3, -0.25) is 4.79 Å². The molecule has 1 aromatic rings. The van der Waals surface area contributed by atoms with E-state index in [0.717, 1.165) is 63.0 Å². The smallest absolute Gasteiger partial charge is 0.407 e. The lowest BCUT2D eigenvalue weighted by Gasteiger charge is -2.40.